The van der Waals surface area contributed by atoms with E-state index in [0.29, 0.717) is 0 Å². The van der Waals surface area contributed by atoms with Gasteiger partial charge in [0.25, 0.3) is 0 Å². The molecule has 0 saturated carbocycles. The number of likely N-dealkylation sites (tertiary alicyclic amines) is 1. The minimum atomic E-state index is 0.804. The van der Waals surface area contributed by atoms with Crippen LogP contribution in [0.25, 0.3) is 10.8 Å². The molecular formula is C17H20BrNO. The van der Waals surface area contributed by atoms with Crippen LogP contribution in [-0.4, -0.2) is 31.1 Å². The van der Waals surface area contributed by atoms with E-state index < -0.39 is 0 Å². The number of nitrogens with zero attached hydrogens (tertiary/aromatic N) is 1. The maximum Gasteiger partial charge on any atom is 0.119 e. The molecule has 0 bridgehead atoms. The highest BCUT2D eigenvalue weighted by Gasteiger charge is 2.10. The van der Waals surface area contributed by atoms with Crippen LogP contribution in [0.4, 0.5) is 0 Å². The predicted molar refractivity (Wildman–Crippen MR) is 87.4 cm³/mol. The Morgan fingerprint density at radius 1 is 1.00 bits per heavy atom. The molecule has 2 aromatic carbocycles. The number of ether oxygens (including phenoxy) is 1. The molecule has 1 saturated heterocycles. The van der Waals surface area contributed by atoms with Crippen molar-refractivity contribution in [3.63, 3.8) is 0 Å². The van der Waals surface area contributed by atoms with Gasteiger partial charge >= 0.3 is 0 Å². The third-order valence-corrected chi connectivity index (χ3v) is 4.35. The van der Waals surface area contributed by atoms with Crippen molar-refractivity contribution in [3.8, 4) is 5.75 Å². The van der Waals surface area contributed by atoms with Crippen molar-refractivity contribution in [2.45, 2.75) is 19.3 Å². The van der Waals surface area contributed by atoms with Gasteiger partial charge in [0.15, 0.2) is 0 Å². The van der Waals surface area contributed by atoms with Crippen molar-refractivity contribution < 1.29 is 4.74 Å². The van der Waals surface area contributed by atoms with Crippen LogP contribution in [0, 0.1) is 0 Å². The van der Waals surface area contributed by atoms with Gasteiger partial charge in [-0.1, -0.05) is 28.1 Å². The van der Waals surface area contributed by atoms with Gasteiger partial charge in [0.1, 0.15) is 5.75 Å². The van der Waals surface area contributed by atoms with Crippen molar-refractivity contribution in [3.05, 3.63) is 40.9 Å². The molecule has 0 radical (unpaired) electrons. The van der Waals surface area contributed by atoms with Gasteiger partial charge in [0.2, 0.25) is 0 Å². The summed E-state index contributed by atoms with van der Waals surface area (Å²) in [4.78, 5) is 2.53. The molecular weight excluding hydrogens is 314 g/mol. The largest absolute Gasteiger partial charge is 0.494 e. The number of halogens is 1. The smallest absolute Gasteiger partial charge is 0.119 e. The molecule has 3 rings (SSSR count). The van der Waals surface area contributed by atoms with Crippen LogP contribution in [0.3, 0.4) is 0 Å². The lowest BCUT2D eigenvalue weighted by Crippen LogP contribution is -2.21. The monoisotopic (exact) mass is 333 g/mol. The summed E-state index contributed by atoms with van der Waals surface area (Å²) in [5.41, 5.74) is 0. The van der Waals surface area contributed by atoms with E-state index in [2.05, 4.69) is 57.2 Å². The minimum absolute atomic E-state index is 0.804. The molecule has 0 atom stereocenters. The topological polar surface area (TPSA) is 12.5 Å². The third-order valence-electron chi connectivity index (χ3n) is 3.86. The zero-order valence-electron chi connectivity index (χ0n) is 11.6. The van der Waals surface area contributed by atoms with Crippen molar-refractivity contribution in [2.75, 3.05) is 26.2 Å². The molecule has 1 heterocycles. The van der Waals surface area contributed by atoms with Crippen LogP contribution in [0.2, 0.25) is 0 Å². The van der Waals surface area contributed by atoms with Crippen molar-refractivity contribution in [1.82, 2.24) is 4.90 Å². The Morgan fingerprint density at radius 3 is 2.60 bits per heavy atom. The van der Waals surface area contributed by atoms with Gasteiger partial charge in [-0.15, -0.1) is 0 Å². The van der Waals surface area contributed by atoms with Crippen LogP contribution in [0.1, 0.15) is 19.3 Å². The van der Waals surface area contributed by atoms with Gasteiger partial charge in [0.05, 0.1) is 6.61 Å². The van der Waals surface area contributed by atoms with Gasteiger partial charge in [-0.3, -0.25) is 0 Å². The van der Waals surface area contributed by atoms with Crippen molar-refractivity contribution in [2.24, 2.45) is 0 Å². The van der Waals surface area contributed by atoms with E-state index in [1.54, 1.807) is 0 Å². The molecule has 2 nitrogen and oxygen atoms in total. The summed E-state index contributed by atoms with van der Waals surface area (Å²) >= 11 is 3.50. The quantitative estimate of drug-likeness (QED) is 0.748. The van der Waals surface area contributed by atoms with Crippen LogP contribution in [0.15, 0.2) is 40.9 Å². The van der Waals surface area contributed by atoms with Crippen LogP contribution in [-0.2, 0) is 0 Å². The third kappa shape index (κ3) is 3.53. The van der Waals surface area contributed by atoms with E-state index in [4.69, 9.17) is 4.74 Å². The molecule has 0 aliphatic carbocycles. The number of hydrogen-bond donors (Lipinski definition) is 0. The Balaban J connectivity index is 1.53. The summed E-state index contributed by atoms with van der Waals surface area (Å²) < 4.78 is 6.98. The van der Waals surface area contributed by atoms with Gasteiger partial charge in [-0.2, -0.15) is 0 Å². The van der Waals surface area contributed by atoms with Crippen LogP contribution < -0.4 is 4.74 Å². The summed E-state index contributed by atoms with van der Waals surface area (Å²) in [6, 6.07) is 12.6. The minimum Gasteiger partial charge on any atom is -0.494 e. The van der Waals surface area contributed by atoms with Gasteiger partial charge in [-0.05, 0) is 67.4 Å². The average molecular weight is 334 g/mol. The van der Waals surface area contributed by atoms with E-state index in [1.165, 1.54) is 43.2 Å². The molecule has 1 aliphatic rings. The van der Waals surface area contributed by atoms with Gasteiger partial charge in [0, 0.05) is 11.0 Å². The second-order valence-corrected chi connectivity index (χ2v) is 6.32. The van der Waals surface area contributed by atoms with E-state index >= 15 is 0 Å². The van der Waals surface area contributed by atoms with Gasteiger partial charge < -0.3 is 9.64 Å². The first-order valence-corrected chi connectivity index (χ1v) is 8.15. The fourth-order valence-corrected chi connectivity index (χ4v) is 3.15. The highest BCUT2D eigenvalue weighted by molar-refractivity contribution is 9.10. The molecule has 2 aromatic rings. The normalized spacial score (nSPS) is 15.8. The Hall–Kier alpha value is -1.06. The fraction of sp³-hybridized carbons (Fsp3) is 0.412. The average Bonchev–Trinajstić information content (AvgIpc) is 2.97. The molecule has 0 spiro atoms. The van der Waals surface area contributed by atoms with Gasteiger partial charge in [-0.25, -0.2) is 0 Å². The molecule has 1 fully saturated rings. The molecule has 106 valence electrons. The molecule has 0 N–H and O–H groups in total. The second kappa shape index (κ2) is 6.59. The summed E-state index contributed by atoms with van der Waals surface area (Å²) in [6.07, 6.45) is 3.83. The Morgan fingerprint density at radius 2 is 1.75 bits per heavy atom. The number of hydrogen-bond acceptors (Lipinski definition) is 2. The maximum atomic E-state index is 5.87. The van der Waals surface area contributed by atoms with Crippen LogP contribution >= 0.6 is 15.9 Å². The zero-order chi connectivity index (χ0) is 13.8. The molecule has 0 amide bonds. The van der Waals surface area contributed by atoms with Crippen molar-refractivity contribution >= 4 is 26.7 Å². The van der Waals surface area contributed by atoms with Crippen LogP contribution in [0.5, 0.6) is 5.75 Å². The first-order valence-electron chi connectivity index (χ1n) is 7.36. The summed E-state index contributed by atoms with van der Waals surface area (Å²) in [5.74, 6) is 0.973. The zero-order valence-corrected chi connectivity index (χ0v) is 13.2. The molecule has 0 aromatic heterocycles. The van der Waals surface area contributed by atoms with E-state index in [9.17, 15) is 0 Å². The highest BCUT2D eigenvalue weighted by atomic mass is 79.9. The summed E-state index contributed by atoms with van der Waals surface area (Å²) in [6.45, 7) is 4.51. The molecule has 0 unspecified atom stereocenters. The van der Waals surface area contributed by atoms with E-state index in [-0.39, 0.29) is 0 Å². The van der Waals surface area contributed by atoms with Crippen molar-refractivity contribution in [1.29, 1.82) is 0 Å². The maximum absolute atomic E-state index is 5.87. The second-order valence-electron chi connectivity index (χ2n) is 5.40. The lowest BCUT2D eigenvalue weighted by atomic mass is 10.1. The van der Waals surface area contributed by atoms with E-state index in [0.717, 1.165) is 23.2 Å². The highest BCUT2D eigenvalue weighted by Crippen LogP contribution is 2.24. The first-order chi connectivity index (χ1) is 9.81. The molecule has 20 heavy (non-hydrogen) atoms. The number of benzene rings is 2. The summed E-state index contributed by atoms with van der Waals surface area (Å²) in [5, 5.41) is 2.47. The number of rotatable bonds is 5. The SMILES string of the molecule is Brc1ccc2cc(OCCCN3CCCC3)ccc2c1. The first kappa shape index (κ1) is 13.9. The lowest BCUT2D eigenvalue weighted by Gasteiger charge is -2.14. The lowest BCUT2D eigenvalue weighted by molar-refractivity contribution is 0.263. The standard InChI is InChI=1S/C17H20BrNO/c18-16-6-4-15-13-17(7-5-14(15)12-16)20-11-3-10-19-8-1-2-9-19/h4-7,12-13H,1-3,8-11H2. The Bertz CT molecular complexity index is 578. The molecule has 1 aliphatic heterocycles. The Kier molecular flexibility index (Phi) is 4.58. The Labute approximate surface area is 128 Å². The summed E-state index contributed by atoms with van der Waals surface area (Å²) in [7, 11) is 0. The number of fused-ring (bicyclic) bond motifs is 1. The predicted octanol–water partition coefficient (Wildman–Crippen LogP) is 4.47. The van der Waals surface area contributed by atoms with E-state index in [1.807, 2.05) is 0 Å². The fourth-order valence-electron chi connectivity index (χ4n) is 2.77. The molecule has 3 heteroatoms.